The van der Waals surface area contributed by atoms with Gasteiger partial charge in [-0.05, 0) is 86.9 Å². The SMILES string of the molecule is CCc1ccc(C[C@@H](NC(=O)ON2CCC(N3CCc4ccccc4NC3=O)CC2)C(=O)NCCCCCNC)cc1CC. The van der Waals surface area contributed by atoms with Crippen molar-refractivity contribution in [2.75, 3.05) is 45.1 Å². The Labute approximate surface area is 262 Å². The Kier molecular flexibility index (Phi) is 12.9. The van der Waals surface area contributed by atoms with Crippen LogP contribution in [0.1, 0.15) is 68.2 Å². The van der Waals surface area contributed by atoms with Gasteiger partial charge in [-0.15, -0.1) is 5.06 Å². The lowest BCUT2D eigenvalue weighted by atomic mass is 9.96. The highest BCUT2D eigenvalue weighted by Gasteiger charge is 2.32. The van der Waals surface area contributed by atoms with Crippen LogP contribution in [0.15, 0.2) is 42.5 Å². The summed E-state index contributed by atoms with van der Waals surface area (Å²) in [5.41, 5.74) is 5.59. The van der Waals surface area contributed by atoms with Gasteiger partial charge in [0.25, 0.3) is 0 Å². The number of hydrogen-bond donors (Lipinski definition) is 4. The van der Waals surface area contributed by atoms with Crippen LogP contribution in [0.4, 0.5) is 15.3 Å². The smallest absolute Gasteiger partial charge is 0.354 e. The summed E-state index contributed by atoms with van der Waals surface area (Å²) in [5.74, 6) is -0.208. The molecule has 1 fully saturated rings. The molecular weight excluding hydrogens is 556 g/mol. The van der Waals surface area contributed by atoms with Crippen molar-refractivity contribution < 1.29 is 19.2 Å². The van der Waals surface area contributed by atoms with E-state index in [1.54, 1.807) is 5.06 Å². The van der Waals surface area contributed by atoms with E-state index in [1.807, 2.05) is 36.2 Å². The number of amides is 4. The average molecular weight is 607 g/mol. The van der Waals surface area contributed by atoms with E-state index in [4.69, 9.17) is 4.84 Å². The maximum atomic E-state index is 13.2. The molecule has 2 heterocycles. The number of benzene rings is 2. The Morgan fingerprint density at radius 2 is 1.73 bits per heavy atom. The average Bonchev–Trinajstić information content (AvgIpc) is 3.20. The van der Waals surface area contributed by atoms with Crippen molar-refractivity contribution in [2.24, 2.45) is 0 Å². The van der Waals surface area contributed by atoms with Gasteiger partial charge in [0.05, 0.1) is 0 Å². The minimum absolute atomic E-state index is 0.0673. The van der Waals surface area contributed by atoms with Crippen molar-refractivity contribution in [3.8, 4) is 0 Å². The third kappa shape index (κ3) is 9.43. The molecule has 0 aliphatic carbocycles. The number of hydrogen-bond acceptors (Lipinski definition) is 6. The van der Waals surface area contributed by atoms with E-state index in [-0.39, 0.29) is 18.0 Å². The number of para-hydroxylation sites is 1. The van der Waals surface area contributed by atoms with Gasteiger partial charge in [0.15, 0.2) is 0 Å². The highest BCUT2D eigenvalue weighted by Crippen LogP contribution is 2.24. The Bertz CT molecular complexity index is 1250. The molecule has 1 atom stereocenters. The molecule has 0 spiro atoms. The fourth-order valence-electron chi connectivity index (χ4n) is 6.13. The van der Waals surface area contributed by atoms with Crippen LogP contribution in [0.2, 0.25) is 0 Å². The first-order valence-corrected chi connectivity index (χ1v) is 16.3. The minimum Gasteiger partial charge on any atom is -0.354 e. The second-order valence-corrected chi connectivity index (χ2v) is 11.7. The summed E-state index contributed by atoms with van der Waals surface area (Å²) >= 11 is 0. The first kappa shape index (κ1) is 33.3. The van der Waals surface area contributed by atoms with Gasteiger partial charge in [-0.2, -0.15) is 0 Å². The summed E-state index contributed by atoms with van der Waals surface area (Å²) in [6.07, 6.45) is 6.75. The lowest BCUT2D eigenvalue weighted by molar-refractivity contribution is -0.127. The summed E-state index contributed by atoms with van der Waals surface area (Å²) < 4.78 is 0. The molecule has 0 radical (unpaired) electrons. The molecule has 240 valence electrons. The highest BCUT2D eigenvalue weighted by molar-refractivity contribution is 5.91. The fourth-order valence-corrected chi connectivity index (χ4v) is 6.13. The quantitative estimate of drug-likeness (QED) is 0.237. The zero-order valence-corrected chi connectivity index (χ0v) is 26.6. The zero-order chi connectivity index (χ0) is 31.3. The third-order valence-electron chi connectivity index (χ3n) is 8.70. The van der Waals surface area contributed by atoms with Crippen molar-refractivity contribution in [3.63, 3.8) is 0 Å². The molecule has 0 unspecified atom stereocenters. The predicted molar refractivity (Wildman–Crippen MR) is 174 cm³/mol. The van der Waals surface area contributed by atoms with Gasteiger partial charge in [0.1, 0.15) is 6.04 Å². The van der Waals surface area contributed by atoms with Crippen molar-refractivity contribution in [3.05, 3.63) is 64.7 Å². The molecular formula is C34H50N6O4. The van der Waals surface area contributed by atoms with E-state index < -0.39 is 12.1 Å². The number of unbranched alkanes of at least 4 members (excludes halogenated alkanes) is 2. The summed E-state index contributed by atoms with van der Waals surface area (Å²) in [5, 5.41) is 13.7. The molecule has 2 aromatic rings. The molecule has 2 aromatic carbocycles. The number of hydroxylamine groups is 2. The predicted octanol–water partition coefficient (Wildman–Crippen LogP) is 4.42. The lowest BCUT2D eigenvalue weighted by Gasteiger charge is -2.37. The third-order valence-corrected chi connectivity index (χ3v) is 8.70. The van der Waals surface area contributed by atoms with Crippen LogP contribution < -0.4 is 21.3 Å². The van der Waals surface area contributed by atoms with Crippen molar-refractivity contribution in [2.45, 2.75) is 83.7 Å². The van der Waals surface area contributed by atoms with Crippen LogP contribution in [0.25, 0.3) is 0 Å². The van der Waals surface area contributed by atoms with E-state index in [0.29, 0.717) is 45.4 Å². The van der Waals surface area contributed by atoms with Crippen LogP contribution in [0.5, 0.6) is 0 Å². The molecule has 10 nitrogen and oxygen atoms in total. The molecule has 0 saturated carbocycles. The number of carbonyl (C=O) groups excluding carboxylic acids is 3. The zero-order valence-electron chi connectivity index (χ0n) is 26.6. The van der Waals surface area contributed by atoms with E-state index in [9.17, 15) is 14.4 Å². The van der Waals surface area contributed by atoms with Gasteiger partial charge in [-0.25, -0.2) is 9.59 Å². The van der Waals surface area contributed by atoms with Gasteiger partial charge >= 0.3 is 12.1 Å². The number of fused-ring (bicyclic) bond motifs is 1. The topological polar surface area (TPSA) is 115 Å². The molecule has 4 rings (SSSR count). The van der Waals surface area contributed by atoms with Crippen LogP contribution in [-0.2, 0) is 35.3 Å². The molecule has 44 heavy (non-hydrogen) atoms. The largest absolute Gasteiger partial charge is 0.426 e. The van der Waals surface area contributed by atoms with Gasteiger partial charge in [-0.3, -0.25) is 4.79 Å². The van der Waals surface area contributed by atoms with Crippen LogP contribution in [0, 0.1) is 0 Å². The number of rotatable bonds is 14. The summed E-state index contributed by atoms with van der Waals surface area (Å²) in [6, 6.07) is 13.5. The van der Waals surface area contributed by atoms with Crippen LogP contribution >= 0.6 is 0 Å². The molecule has 2 aliphatic rings. The Morgan fingerprint density at radius 1 is 0.977 bits per heavy atom. The Balaban J connectivity index is 1.31. The summed E-state index contributed by atoms with van der Waals surface area (Å²) in [6.45, 7) is 7.46. The first-order valence-electron chi connectivity index (χ1n) is 16.3. The first-order chi connectivity index (χ1) is 21.4. The number of anilines is 1. The molecule has 4 N–H and O–H groups in total. The maximum absolute atomic E-state index is 13.2. The fraction of sp³-hybridized carbons (Fsp3) is 0.559. The molecule has 4 amide bonds. The van der Waals surface area contributed by atoms with Gasteiger partial charge < -0.3 is 31.0 Å². The Hall–Kier alpha value is -3.63. The van der Waals surface area contributed by atoms with Crippen molar-refractivity contribution in [1.29, 1.82) is 0 Å². The standard InChI is InChI=1S/C34H50N6O4/c1-4-26-14-13-25(23-27(26)5-2)24-31(32(41)36-19-10-6-9-18-35-3)38-34(43)44-39-20-16-29(17-21-39)40-22-15-28-11-7-8-12-30(28)37-33(40)42/h7-8,11-14,23,29,31,35H,4-6,9-10,15-22,24H2,1-3H3,(H,36,41)(H,37,42)(H,38,43)/t31-/m1/s1. The number of piperidine rings is 1. The highest BCUT2D eigenvalue weighted by atomic mass is 16.7. The second kappa shape index (κ2) is 17.0. The normalized spacial score (nSPS) is 16.4. The summed E-state index contributed by atoms with van der Waals surface area (Å²) in [7, 11) is 1.93. The van der Waals surface area contributed by atoms with Gasteiger partial charge in [0.2, 0.25) is 5.91 Å². The van der Waals surface area contributed by atoms with Crippen LogP contribution in [-0.4, -0.2) is 79.8 Å². The van der Waals surface area contributed by atoms with Crippen LogP contribution in [0.3, 0.4) is 0 Å². The van der Waals surface area contributed by atoms with Crippen molar-refractivity contribution >= 4 is 23.7 Å². The number of nitrogens with one attached hydrogen (secondary N) is 4. The summed E-state index contributed by atoms with van der Waals surface area (Å²) in [4.78, 5) is 46.8. The Morgan fingerprint density at radius 3 is 2.48 bits per heavy atom. The molecule has 0 bridgehead atoms. The van der Waals surface area contributed by atoms with Gasteiger partial charge in [-0.1, -0.05) is 56.7 Å². The van der Waals surface area contributed by atoms with E-state index in [2.05, 4.69) is 53.3 Å². The van der Waals surface area contributed by atoms with E-state index >= 15 is 0 Å². The molecule has 1 saturated heterocycles. The van der Waals surface area contributed by atoms with Gasteiger partial charge in [0, 0.05) is 44.3 Å². The minimum atomic E-state index is -0.753. The number of urea groups is 1. The monoisotopic (exact) mass is 606 g/mol. The lowest BCUT2D eigenvalue weighted by Crippen LogP contribution is -2.52. The molecule has 0 aromatic heterocycles. The second-order valence-electron chi connectivity index (χ2n) is 11.7. The van der Waals surface area contributed by atoms with E-state index in [0.717, 1.165) is 61.9 Å². The molecule has 10 heteroatoms. The number of carbonyl (C=O) groups is 3. The number of aryl methyl sites for hydroxylation is 2. The maximum Gasteiger partial charge on any atom is 0.426 e. The number of nitrogens with zero attached hydrogens (tertiary/aromatic N) is 2. The van der Waals surface area contributed by atoms with E-state index in [1.165, 1.54) is 11.1 Å². The molecule has 2 aliphatic heterocycles. The van der Waals surface area contributed by atoms with Crippen molar-refractivity contribution in [1.82, 2.24) is 25.9 Å².